The predicted octanol–water partition coefficient (Wildman–Crippen LogP) is 4.01. The summed E-state index contributed by atoms with van der Waals surface area (Å²) < 4.78 is 14.3. The highest BCUT2D eigenvalue weighted by molar-refractivity contribution is 9.10. The van der Waals surface area contributed by atoms with E-state index in [9.17, 15) is 9.18 Å². The second-order valence-corrected chi connectivity index (χ2v) is 9.39. The second kappa shape index (κ2) is 5.74. The number of carbonyl (C=O) groups excluding carboxylic acids is 1. The van der Waals surface area contributed by atoms with E-state index in [0.29, 0.717) is 10.2 Å². The topological polar surface area (TPSA) is 36.4 Å². The second-order valence-electron chi connectivity index (χ2n) is 8.54. The van der Waals surface area contributed by atoms with Gasteiger partial charge in [0.1, 0.15) is 0 Å². The van der Waals surface area contributed by atoms with Crippen molar-refractivity contribution in [3.63, 3.8) is 0 Å². The van der Waals surface area contributed by atoms with Crippen molar-refractivity contribution >= 4 is 27.5 Å². The normalized spacial score (nSPS) is 31.8. The molecule has 3 heterocycles. The van der Waals surface area contributed by atoms with Crippen molar-refractivity contribution in [3.05, 3.63) is 22.2 Å². The number of likely N-dealkylation sites (tertiary alicyclic amines) is 1. The zero-order valence-corrected chi connectivity index (χ0v) is 16.7. The summed E-state index contributed by atoms with van der Waals surface area (Å²) in [6, 6.07) is 1.90. The maximum absolute atomic E-state index is 13.9. The summed E-state index contributed by atoms with van der Waals surface area (Å²) in [5, 5.41) is 0. The number of rotatable bonds is 2. The predicted molar refractivity (Wildman–Crippen MR) is 99.3 cm³/mol. The van der Waals surface area contributed by atoms with Crippen LogP contribution in [0.25, 0.3) is 0 Å². The highest BCUT2D eigenvalue weighted by atomic mass is 79.9. The summed E-state index contributed by atoms with van der Waals surface area (Å²) in [5.74, 6) is -0.508. The van der Waals surface area contributed by atoms with Crippen molar-refractivity contribution in [2.75, 3.05) is 18.0 Å². The Morgan fingerprint density at radius 2 is 1.84 bits per heavy atom. The van der Waals surface area contributed by atoms with Gasteiger partial charge in [-0.15, -0.1) is 0 Å². The SMILES string of the molecule is CC1(C)C(=O)N(C2CC(C)(N3CCCCC3)C2)c2cc(Br)c(F)nc21. The fraction of sp³-hybridized carbons (Fsp3) is 0.684. The van der Waals surface area contributed by atoms with E-state index in [4.69, 9.17) is 0 Å². The van der Waals surface area contributed by atoms with Crippen LogP contribution in [0.5, 0.6) is 0 Å². The Balaban J connectivity index is 1.60. The average molecular weight is 410 g/mol. The van der Waals surface area contributed by atoms with E-state index in [1.165, 1.54) is 19.3 Å². The molecule has 1 aromatic heterocycles. The molecule has 0 N–H and O–H groups in total. The number of pyridine rings is 1. The van der Waals surface area contributed by atoms with E-state index in [-0.39, 0.29) is 17.5 Å². The Morgan fingerprint density at radius 3 is 2.48 bits per heavy atom. The number of hydrogen-bond donors (Lipinski definition) is 0. The van der Waals surface area contributed by atoms with Crippen molar-refractivity contribution < 1.29 is 9.18 Å². The molecule has 2 fully saturated rings. The number of aromatic nitrogens is 1. The van der Waals surface area contributed by atoms with Crippen LogP contribution in [-0.2, 0) is 10.2 Å². The van der Waals surface area contributed by atoms with Gasteiger partial charge in [0.05, 0.1) is 21.3 Å². The van der Waals surface area contributed by atoms with Crippen LogP contribution >= 0.6 is 15.9 Å². The summed E-state index contributed by atoms with van der Waals surface area (Å²) in [5.41, 5.74) is 0.746. The van der Waals surface area contributed by atoms with Gasteiger partial charge >= 0.3 is 0 Å². The van der Waals surface area contributed by atoms with Crippen LogP contribution in [0.3, 0.4) is 0 Å². The average Bonchev–Trinajstić information content (AvgIpc) is 2.73. The number of piperidine rings is 1. The molecule has 1 aromatic rings. The molecule has 4 nitrogen and oxygen atoms in total. The van der Waals surface area contributed by atoms with Crippen LogP contribution in [0, 0.1) is 5.95 Å². The first-order chi connectivity index (χ1) is 11.7. The number of nitrogens with zero attached hydrogens (tertiary/aromatic N) is 3. The Labute approximate surface area is 156 Å². The highest BCUT2D eigenvalue weighted by Gasteiger charge is 2.54. The first-order valence-corrected chi connectivity index (χ1v) is 9.98. The molecule has 25 heavy (non-hydrogen) atoms. The molecule has 0 aromatic carbocycles. The van der Waals surface area contributed by atoms with Crippen LogP contribution in [0.2, 0.25) is 0 Å². The minimum Gasteiger partial charge on any atom is -0.307 e. The number of fused-ring (bicyclic) bond motifs is 1. The summed E-state index contributed by atoms with van der Waals surface area (Å²) in [7, 11) is 0. The molecule has 136 valence electrons. The van der Waals surface area contributed by atoms with Crippen molar-refractivity contribution in [1.29, 1.82) is 0 Å². The van der Waals surface area contributed by atoms with Gasteiger partial charge in [-0.3, -0.25) is 9.69 Å². The summed E-state index contributed by atoms with van der Waals surface area (Å²) in [6.07, 6.45) is 5.82. The van der Waals surface area contributed by atoms with Gasteiger partial charge in [0.15, 0.2) is 0 Å². The molecular formula is C19H25BrFN3O. The number of anilines is 1. The molecule has 1 aliphatic carbocycles. The van der Waals surface area contributed by atoms with Gasteiger partial charge < -0.3 is 4.90 Å². The first-order valence-electron chi connectivity index (χ1n) is 9.19. The zero-order chi connectivity index (χ0) is 18.0. The lowest BCUT2D eigenvalue weighted by atomic mass is 9.71. The smallest absolute Gasteiger partial charge is 0.239 e. The molecule has 1 saturated carbocycles. The van der Waals surface area contributed by atoms with Gasteiger partial charge in [0, 0.05) is 11.6 Å². The molecule has 6 heteroatoms. The minimum absolute atomic E-state index is 0.0400. The van der Waals surface area contributed by atoms with E-state index in [2.05, 4.69) is 32.7 Å². The maximum atomic E-state index is 13.9. The standard InChI is InChI=1S/C19H25BrFN3O/c1-18(2)15-14(9-13(20)16(21)22-15)24(17(18)25)12-10-19(3,11-12)23-7-5-4-6-8-23/h9,12H,4-8,10-11H2,1-3H3. The third kappa shape index (κ3) is 2.55. The van der Waals surface area contributed by atoms with Crippen LogP contribution in [-0.4, -0.2) is 40.5 Å². The monoisotopic (exact) mass is 409 g/mol. The molecule has 0 radical (unpaired) electrons. The van der Waals surface area contributed by atoms with Crippen molar-refractivity contribution in [3.8, 4) is 0 Å². The fourth-order valence-corrected chi connectivity index (χ4v) is 5.11. The molecule has 2 aliphatic heterocycles. The zero-order valence-electron chi connectivity index (χ0n) is 15.1. The Kier molecular flexibility index (Phi) is 4.00. The van der Waals surface area contributed by atoms with E-state index in [1.54, 1.807) is 6.07 Å². The van der Waals surface area contributed by atoms with Crippen LogP contribution < -0.4 is 4.90 Å². The third-order valence-corrected chi connectivity index (χ3v) is 6.91. The number of hydrogen-bond acceptors (Lipinski definition) is 3. The number of carbonyl (C=O) groups is 1. The largest absolute Gasteiger partial charge is 0.307 e. The maximum Gasteiger partial charge on any atom is 0.239 e. The van der Waals surface area contributed by atoms with Gasteiger partial charge in [0.25, 0.3) is 0 Å². The molecule has 4 rings (SSSR count). The summed E-state index contributed by atoms with van der Waals surface area (Å²) >= 11 is 3.22. The lowest BCUT2D eigenvalue weighted by molar-refractivity contribution is -0.123. The lowest BCUT2D eigenvalue weighted by Crippen LogP contribution is -2.64. The molecular weight excluding hydrogens is 385 g/mol. The number of amides is 1. The Morgan fingerprint density at radius 1 is 1.20 bits per heavy atom. The molecule has 0 spiro atoms. The molecule has 0 bridgehead atoms. The van der Waals surface area contributed by atoms with E-state index in [0.717, 1.165) is 31.6 Å². The summed E-state index contributed by atoms with van der Waals surface area (Å²) in [6.45, 7) is 8.34. The van der Waals surface area contributed by atoms with Crippen LogP contribution in [0.1, 0.15) is 58.6 Å². The van der Waals surface area contributed by atoms with E-state index in [1.807, 2.05) is 18.7 Å². The highest BCUT2D eigenvalue weighted by Crippen LogP contribution is 2.49. The van der Waals surface area contributed by atoms with E-state index >= 15 is 0 Å². The molecule has 1 amide bonds. The van der Waals surface area contributed by atoms with Gasteiger partial charge in [0.2, 0.25) is 11.9 Å². The summed E-state index contributed by atoms with van der Waals surface area (Å²) in [4.78, 5) is 21.6. The quantitative estimate of drug-likeness (QED) is 0.692. The Bertz CT molecular complexity index is 724. The van der Waals surface area contributed by atoms with Crippen molar-refractivity contribution in [2.45, 2.75) is 69.9 Å². The molecule has 0 unspecified atom stereocenters. The third-order valence-electron chi connectivity index (χ3n) is 6.35. The Hall–Kier alpha value is -1.01. The minimum atomic E-state index is -0.770. The fourth-order valence-electron chi connectivity index (χ4n) is 4.80. The van der Waals surface area contributed by atoms with Gasteiger partial charge in [-0.1, -0.05) is 6.42 Å². The van der Waals surface area contributed by atoms with Crippen LogP contribution in [0.15, 0.2) is 10.5 Å². The lowest BCUT2D eigenvalue weighted by Gasteiger charge is -2.55. The van der Waals surface area contributed by atoms with Crippen molar-refractivity contribution in [2.24, 2.45) is 0 Å². The van der Waals surface area contributed by atoms with Crippen molar-refractivity contribution in [1.82, 2.24) is 9.88 Å². The molecule has 0 atom stereocenters. The van der Waals surface area contributed by atoms with Gasteiger partial charge in [-0.05, 0) is 81.5 Å². The first kappa shape index (κ1) is 17.4. The van der Waals surface area contributed by atoms with E-state index < -0.39 is 11.4 Å². The molecule has 1 saturated heterocycles. The molecule has 3 aliphatic rings. The van der Waals surface area contributed by atoms with Gasteiger partial charge in [-0.25, -0.2) is 4.98 Å². The van der Waals surface area contributed by atoms with Crippen LogP contribution in [0.4, 0.5) is 10.1 Å². The van der Waals surface area contributed by atoms with Gasteiger partial charge in [-0.2, -0.15) is 4.39 Å². The number of halogens is 2.